The fourth-order valence-corrected chi connectivity index (χ4v) is 2.53. The van der Waals surface area contributed by atoms with Gasteiger partial charge in [0.25, 0.3) is 0 Å². The second-order valence-corrected chi connectivity index (χ2v) is 5.20. The Labute approximate surface area is 123 Å². The van der Waals surface area contributed by atoms with Crippen molar-refractivity contribution in [3.63, 3.8) is 0 Å². The fourth-order valence-electron chi connectivity index (χ4n) is 2.53. The van der Waals surface area contributed by atoms with Gasteiger partial charge in [0, 0.05) is 25.3 Å². The van der Waals surface area contributed by atoms with Crippen LogP contribution in [0, 0.1) is 5.92 Å². The van der Waals surface area contributed by atoms with Crippen LogP contribution in [0.3, 0.4) is 0 Å². The molecule has 1 fully saturated rings. The third kappa shape index (κ3) is 2.97. The van der Waals surface area contributed by atoms with E-state index in [9.17, 15) is 0 Å². The lowest BCUT2D eigenvalue weighted by Gasteiger charge is -2.10. The number of rotatable bonds is 5. The molecule has 1 aromatic heterocycles. The van der Waals surface area contributed by atoms with Gasteiger partial charge in [0.1, 0.15) is 5.75 Å². The Balaban J connectivity index is 1.77. The first kappa shape index (κ1) is 13.8. The molecule has 7 heteroatoms. The van der Waals surface area contributed by atoms with Gasteiger partial charge in [-0.05, 0) is 47.4 Å². The zero-order valence-corrected chi connectivity index (χ0v) is 12.0. The Bertz CT molecular complexity index is 607. The maximum atomic E-state index is 5.84. The zero-order valence-electron chi connectivity index (χ0n) is 12.0. The summed E-state index contributed by atoms with van der Waals surface area (Å²) in [4.78, 5) is 0. The topological polar surface area (TPSA) is 88.1 Å². The predicted octanol–water partition coefficient (Wildman–Crippen LogP) is 1.36. The summed E-state index contributed by atoms with van der Waals surface area (Å²) in [5, 5.41) is 12.0. The smallest absolute Gasteiger partial charge is 0.182 e. The van der Waals surface area contributed by atoms with Crippen molar-refractivity contribution in [1.29, 1.82) is 0 Å². The van der Waals surface area contributed by atoms with Gasteiger partial charge < -0.3 is 15.2 Å². The van der Waals surface area contributed by atoms with E-state index in [1.807, 2.05) is 16.8 Å². The Morgan fingerprint density at radius 3 is 3.14 bits per heavy atom. The summed E-state index contributed by atoms with van der Waals surface area (Å²) in [6.45, 7) is 2.48. The molecule has 3 rings (SSSR count). The van der Waals surface area contributed by atoms with Crippen molar-refractivity contribution in [3.05, 3.63) is 18.2 Å². The number of tetrazole rings is 1. The van der Waals surface area contributed by atoms with Crippen molar-refractivity contribution in [2.75, 3.05) is 26.1 Å². The van der Waals surface area contributed by atoms with Gasteiger partial charge in [0.15, 0.2) is 5.82 Å². The number of aryl methyl sites for hydroxylation is 1. The third-order valence-corrected chi connectivity index (χ3v) is 3.80. The first-order valence-corrected chi connectivity index (χ1v) is 7.05. The van der Waals surface area contributed by atoms with Gasteiger partial charge in [-0.15, -0.1) is 5.10 Å². The minimum absolute atomic E-state index is 0.600. The van der Waals surface area contributed by atoms with Crippen LogP contribution in [-0.4, -0.2) is 40.5 Å². The minimum Gasteiger partial charge on any atom is -0.495 e. The van der Waals surface area contributed by atoms with Crippen LogP contribution in [0.25, 0.3) is 11.4 Å². The quantitative estimate of drug-likeness (QED) is 0.836. The molecule has 0 spiro atoms. The molecular weight excluding hydrogens is 270 g/mol. The summed E-state index contributed by atoms with van der Waals surface area (Å²) in [6.07, 6.45) is 2.14. The summed E-state index contributed by atoms with van der Waals surface area (Å²) in [5.41, 5.74) is 7.33. The number of nitrogen functional groups attached to an aromatic ring is 1. The molecule has 1 saturated heterocycles. The van der Waals surface area contributed by atoms with Crippen molar-refractivity contribution < 1.29 is 9.47 Å². The molecule has 2 N–H and O–H groups in total. The van der Waals surface area contributed by atoms with Crippen LogP contribution >= 0.6 is 0 Å². The molecule has 2 aromatic rings. The summed E-state index contributed by atoms with van der Waals surface area (Å²) in [7, 11) is 1.60. The highest BCUT2D eigenvalue weighted by atomic mass is 16.5. The van der Waals surface area contributed by atoms with E-state index in [1.165, 1.54) is 0 Å². The van der Waals surface area contributed by atoms with Crippen molar-refractivity contribution in [1.82, 2.24) is 20.2 Å². The first-order valence-electron chi connectivity index (χ1n) is 7.05. The van der Waals surface area contributed by atoms with E-state index in [0.717, 1.165) is 44.0 Å². The molecule has 0 saturated carbocycles. The van der Waals surface area contributed by atoms with E-state index in [2.05, 4.69) is 15.5 Å². The lowest BCUT2D eigenvalue weighted by Crippen LogP contribution is -2.09. The highest BCUT2D eigenvalue weighted by Gasteiger charge is 2.17. The highest BCUT2D eigenvalue weighted by Crippen LogP contribution is 2.27. The number of hydrogen-bond acceptors (Lipinski definition) is 6. The maximum absolute atomic E-state index is 5.84. The SMILES string of the molecule is COc1cc(-c2nnnn2CCC2CCOC2)ccc1N. The zero-order chi connectivity index (χ0) is 14.7. The second kappa shape index (κ2) is 6.09. The molecule has 1 atom stereocenters. The molecular formula is C14H19N5O2. The molecule has 0 bridgehead atoms. The van der Waals surface area contributed by atoms with Crippen molar-refractivity contribution in [2.45, 2.75) is 19.4 Å². The van der Waals surface area contributed by atoms with Gasteiger partial charge in [0.2, 0.25) is 0 Å². The Morgan fingerprint density at radius 2 is 2.38 bits per heavy atom. The lowest BCUT2D eigenvalue weighted by molar-refractivity contribution is 0.183. The second-order valence-electron chi connectivity index (χ2n) is 5.20. The number of anilines is 1. The van der Waals surface area contributed by atoms with Crippen molar-refractivity contribution >= 4 is 5.69 Å². The van der Waals surface area contributed by atoms with Gasteiger partial charge in [0.05, 0.1) is 12.8 Å². The summed E-state index contributed by atoms with van der Waals surface area (Å²) in [5.74, 6) is 1.96. The van der Waals surface area contributed by atoms with E-state index < -0.39 is 0 Å². The van der Waals surface area contributed by atoms with Gasteiger partial charge in [-0.1, -0.05) is 0 Å². The molecule has 1 unspecified atom stereocenters. The monoisotopic (exact) mass is 289 g/mol. The van der Waals surface area contributed by atoms with Crippen LogP contribution in [0.15, 0.2) is 18.2 Å². The van der Waals surface area contributed by atoms with Crippen LogP contribution < -0.4 is 10.5 Å². The summed E-state index contributed by atoms with van der Waals surface area (Å²) < 4.78 is 12.5. The average molecular weight is 289 g/mol. The molecule has 0 amide bonds. The van der Waals surface area contributed by atoms with Gasteiger partial charge in [-0.2, -0.15) is 0 Å². The van der Waals surface area contributed by atoms with E-state index >= 15 is 0 Å². The average Bonchev–Trinajstić information content (AvgIpc) is 3.17. The van der Waals surface area contributed by atoms with Crippen LogP contribution in [0.2, 0.25) is 0 Å². The maximum Gasteiger partial charge on any atom is 0.182 e. The highest BCUT2D eigenvalue weighted by molar-refractivity contribution is 5.65. The van der Waals surface area contributed by atoms with E-state index in [1.54, 1.807) is 13.2 Å². The van der Waals surface area contributed by atoms with Crippen LogP contribution in [-0.2, 0) is 11.3 Å². The molecule has 112 valence electrons. The summed E-state index contributed by atoms with van der Waals surface area (Å²) in [6, 6.07) is 5.56. The van der Waals surface area contributed by atoms with Crippen molar-refractivity contribution in [2.24, 2.45) is 5.92 Å². The van der Waals surface area contributed by atoms with Gasteiger partial charge in [-0.25, -0.2) is 4.68 Å². The number of aromatic nitrogens is 4. The largest absolute Gasteiger partial charge is 0.495 e. The predicted molar refractivity (Wildman–Crippen MR) is 77.8 cm³/mol. The minimum atomic E-state index is 0.600. The first-order chi connectivity index (χ1) is 10.3. The molecule has 0 radical (unpaired) electrons. The lowest BCUT2D eigenvalue weighted by atomic mass is 10.1. The van der Waals surface area contributed by atoms with E-state index in [-0.39, 0.29) is 0 Å². The van der Waals surface area contributed by atoms with E-state index in [4.69, 9.17) is 15.2 Å². The van der Waals surface area contributed by atoms with Crippen molar-refractivity contribution in [3.8, 4) is 17.1 Å². The standard InChI is InChI=1S/C14H19N5O2/c1-20-13-8-11(2-3-12(13)15)14-16-17-18-19(14)6-4-10-5-7-21-9-10/h2-3,8,10H,4-7,9,15H2,1H3. The molecule has 21 heavy (non-hydrogen) atoms. The number of hydrogen-bond donors (Lipinski definition) is 1. The fraction of sp³-hybridized carbons (Fsp3) is 0.500. The molecule has 1 aliphatic heterocycles. The molecule has 1 aliphatic rings. The van der Waals surface area contributed by atoms with Crippen LogP contribution in [0.5, 0.6) is 5.75 Å². The number of methoxy groups -OCH3 is 1. The number of benzene rings is 1. The van der Waals surface area contributed by atoms with Crippen LogP contribution in [0.1, 0.15) is 12.8 Å². The van der Waals surface area contributed by atoms with E-state index in [0.29, 0.717) is 17.4 Å². The number of ether oxygens (including phenoxy) is 2. The van der Waals surface area contributed by atoms with Gasteiger partial charge >= 0.3 is 0 Å². The molecule has 0 aliphatic carbocycles. The normalized spacial score (nSPS) is 18.0. The Hall–Kier alpha value is -2.15. The Morgan fingerprint density at radius 1 is 1.48 bits per heavy atom. The van der Waals surface area contributed by atoms with Crippen LogP contribution in [0.4, 0.5) is 5.69 Å². The van der Waals surface area contributed by atoms with Gasteiger partial charge in [-0.3, -0.25) is 0 Å². The Kier molecular flexibility index (Phi) is 4.01. The molecule has 7 nitrogen and oxygen atoms in total. The third-order valence-electron chi connectivity index (χ3n) is 3.80. The molecule has 1 aromatic carbocycles. The number of nitrogens with two attached hydrogens (primary N) is 1. The molecule has 2 heterocycles. The number of nitrogens with zero attached hydrogens (tertiary/aromatic N) is 4. The summed E-state index contributed by atoms with van der Waals surface area (Å²) >= 11 is 0.